The molecular formula is C8H9ClF3N3. The first-order valence-electron chi connectivity index (χ1n) is 4.18. The summed E-state index contributed by atoms with van der Waals surface area (Å²) in [4.78, 5) is 7.46. The molecule has 0 aliphatic heterocycles. The number of hydrogen-bond donors (Lipinski definition) is 1. The van der Waals surface area contributed by atoms with Crippen LogP contribution in [0.5, 0.6) is 0 Å². The zero-order chi connectivity index (χ0) is 11.5. The maximum absolute atomic E-state index is 11.8. The third kappa shape index (κ3) is 4.33. The Bertz CT molecular complexity index is 340. The number of rotatable bonds is 3. The Hall–Kier alpha value is -1.04. The van der Waals surface area contributed by atoms with Crippen LogP contribution >= 0.6 is 11.6 Å². The molecule has 84 valence electrons. The van der Waals surface area contributed by atoms with Crippen LogP contribution < -0.4 is 5.32 Å². The van der Waals surface area contributed by atoms with Gasteiger partial charge < -0.3 is 5.32 Å². The van der Waals surface area contributed by atoms with Crippen LogP contribution in [0.3, 0.4) is 0 Å². The summed E-state index contributed by atoms with van der Waals surface area (Å²) < 4.78 is 35.5. The van der Waals surface area contributed by atoms with E-state index < -0.39 is 12.6 Å². The highest BCUT2D eigenvalue weighted by Crippen LogP contribution is 2.20. The molecule has 0 unspecified atom stereocenters. The van der Waals surface area contributed by atoms with E-state index in [0.717, 1.165) is 0 Å². The van der Waals surface area contributed by atoms with Crippen LogP contribution in [0.4, 0.5) is 19.0 Å². The first-order chi connectivity index (χ1) is 6.88. The molecule has 1 aromatic heterocycles. The minimum Gasteiger partial charge on any atom is -0.369 e. The maximum atomic E-state index is 11.8. The second-order valence-electron chi connectivity index (χ2n) is 2.96. The third-order valence-corrected chi connectivity index (χ3v) is 1.83. The number of nitrogens with one attached hydrogen (secondary N) is 1. The van der Waals surface area contributed by atoms with E-state index in [0.29, 0.717) is 11.4 Å². The Labute approximate surface area is 89.7 Å². The van der Waals surface area contributed by atoms with E-state index in [4.69, 9.17) is 11.6 Å². The second kappa shape index (κ2) is 4.65. The van der Waals surface area contributed by atoms with Crippen molar-refractivity contribution in [3.8, 4) is 0 Å². The van der Waals surface area contributed by atoms with E-state index in [1.54, 1.807) is 6.92 Å². The molecule has 7 heteroatoms. The number of alkyl halides is 3. The SMILES string of the molecule is Cc1cnc(Cl)nc1NCCC(F)(F)F. The van der Waals surface area contributed by atoms with Gasteiger partial charge in [-0.2, -0.15) is 13.2 Å². The zero-order valence-corrected chi connectivity index (χ0v) is 8.65. The predicted molar refractivity (Wildman–Crippen MR) is 50.9 cm³/mol. The highest BCUT2D eigenvalue weighted by atomic mass is 35.5. The first kappa shape index (κ1) is 12.0. The van der Waals surface area contributed by atoms with Crippen molar-refractivity contribution >= 4 is 17.4 Å². The number of halogens is 4. The topological polar surface area (TPSA) is 37.8 Å². The number of nitrogens with zero attached hydrogens (tertiary/aromatic N) is 2. The van der Waals surface area contributed by atoms with Gasteiger partial charge in [-0.25, -0.2) is 9.97 Å². The third-order valence-electron chi connectivity index (χ3n) is 1.64. The largest absolute Gasteiger partial charge is 0.390 e. The Kier molecular flexibility index (Phi) is 3.73. The summed E-state index contributed by atoms with van der Waals surface area (Å²) in [5.74, 6) is 0.333. The Morgan fingerprint density at radius 2 is 2.13 bits per heavy atom. The lowest BCUT2D eigenvalue weighted by molar-refractivity contribution is -0.131. The molecule has 0 bridgehead atoms. The van der Waals surface area contributed by atoms with Gasteiger partial charge >= 0.3 is 6.18 Å². The molecular weight excluding hydrogens is 231 g/mol. The molecule has 0 aromatic carbocycles. The highest BCUT2D eigenvalue weighted by Gasteiger charge is 2.26. The van der Waals surface area contributed by atoms with Crippen molar-refractivity contribution in [1.82, 2.24) is 9.97 Å². The molecule has 0 fully saturated rings. The van der Waals surface area contributed by atoms with Crippen LogP contribution in [-0.4, -0.2) is 22.7 Å². The van der Waals surface area contributed by atoms with Gasteiger partial charge in [0.1, 0.15) is 5.82 Å². The first-order valence-corrected chi connectivity index (χ1v) is 4.56. The number of anilines is 1. The van der Waals surface area contributed by atoms with Gasteiger partial charge in [0.05, 0.1) is 6.42 Å². The molecule has 15 heavy (non-hydrogen) atoms. The molecule has 1 aromatic rings. The Balaban J connectivity index is 2.54. The van der Waals surface area contributed by atoms with Gasteiger partial charge in [-0.1, -0.05) is 0 Å². The lowest BCUT2D eigenvalue weighted by atomic mass is 10.3. The molecule has 0 saturated heterocycles. The molecule has 0 amide bonds. The fourth-order valence-electron chi connectivity index (χ4n) is 0.922. The molecule has 1 N–H and O–H groups in total. The summed E-state index contributed by atoms with van der Waals surface area (Å²) in [6.45, 7) is 1.46. The van der Waals surface area contributed by atoms with Gasteiger partial charge in [0.25, 0.3) is 0 Å². The zero-order valence-electron chi connectivity index (χ0n) is 7.90. The van der Waals surface area contributed by atoms with Gasteiger partial charge in [0.2, 0.25) is 5.28 Å². The maximum Gasteiger partial charge on any atom is 0.390 e. The number of aryl methyl sites for hydroxylation is 1. The molecule has 0 aliphatic carbocycles. The highest BCUT2D eigenvalue weighted by molar-refractivity contribution is 6.28. The van der Waals surface area contributed by atoms with Crippen molar-refractivity contribution in [3.05, 3.63) is 17.0 Å². The normalized spacial score (nSPS) is 11.5. The van der Waals surface area contributed by atoms with E-state index in [9.17, 15) is 13.2 Å². The van der Waals surface area contributed by atoms with Gasteiger partial charge in [-0.3, -0.25) is 0 Å². The van der Waals surface area contributed by atoms with Crippen LogP contribution in [0.1, 0.15) is 12.0 Å². The van der Waals surface area contributed by atoms with E-state index in [1.807, 2.05) is 0 Å². The number of aromatic nitrogens is 2. The lowest BCUT2D eigenvalue weighted by Gasteiger charge is -2.09. The van der Waals surface area contributed by atoms with Gasteiger partial charge in [0.15, 0.2) is 0 Å². The van der Waals surface area contributed by atoms with Crippen molar-refractivity contribution in [2.45, 2.75) is 19.5 Å². The summed E-state index contributed by atoms with van der Waals surface area (Å²) in [5, 5.41) is 2.56. The van der Waals surface area contributed by atoms with E-state index in [2.05, 4.69) is 15.3 Å². The van der Waals surface area contributed by atoms with Gasteiger partial charge in [0, 0.05) is 18.3 Å². The minimum atomic E-state index is -4.17. The Morgan fingerprint density at radius 3 is 2.73 bits per heavy atom. The van der Waals surface area contributed by atoms with Crippen molar-refractivity contribution in [2.24, 2.45) is 0 Å². The van der Waals surface area contributed by atoms with Crippen molar-refractivity contribution in [3.63, 3.8) is 0 Å². The van der Waals surface area contributed by atoms with E-state index in [1.165, 1.54) is 6.20 Å². The summed E-state index contributed by atoms with van der Waals surface area (Å²) in [5.41, 5.74) is 0.654. The van der Waals surface area contributed by atoms with Gasteiger partial charge in [-0.05, 0) is 18.5 Å². The van der Waals surface area contributed by atoms with Crippen LogP contribution in [0.15, 0.2) is 6.20 Å². The monoisotopic (exact) mass is 239 g/mol. The molecule has 0 spiro atoms. The minimum absolute atomic E-state index is 0.00936. The standard InChI is InChI=1S/C8H9ClF3N3/c1-5-4-14-7(9)15-6(5)13-3-2-8(10,11)12/h4H,2-3H2,1H3,(H,13,14,15). The number of hydrogen-bond acceptors (Lipinski definition) is 3. The second-order valence-corrected chi connectivity index (χ2v) is 3.30. The molecule has 0 atom stereocenters. The summed E-state index contributed by atoms with van der Waals surface area (Å²) >= 11 is 5.50. The van der Waals surface area contributed by atoms with Crippen LogP contribution in [0, 0.1) is 6.92 Å². The lowest BCUT2D eigenvalue weighted by Crippen LogP contribution is -2.15. The quantitative estimate of drug-likeness (QED) is 0.825. The molecule has 0 radical (unpaired) electrons. The summed E-state index contributed by atoms with van der Waals surface area (Å²) in [6, 6.07) is 0. The molecule has 0 saturated carbocycles. The average molecular weight is 240 g/mol. The summed E-state index contributed by atoms with van der Waals surface area (Å²) in [6.07, 6.45) is -3.63. The average Bonchev–Trinajstić information content (AvgIpc) is 2.09. The van der Waals surface area contributed by atoms with E-state index >= 15 is 0 Å². The molecule has 3 nitrogen and oxygen atoms in total. The fourth-order valence-corrected chi connectivity index (χ4v) is 1.06. The van der Waals surface area contributed by atoms with Crippen molar-refractivity contribution in [1.29, 1.82) is 0 Å². The van der Waals surface area contributed by atoms with Crippen molar-refractivity contribution < 1.29 is 13.2 Å². The fraction of sp³-hybridized carbons (Fsp3) is 0.500. The van der Waals surface area contributed by atoms with Gasteiger partial charge in [-0.15, -0.1) is 0 Å². The Morgan fingerprint density at radius 1 is 1.47 bits per heavy atom. The molecule has 1 rings (SSSR count). The van der Waals surface area contributed by atoms with Crippen molar-refractivity contribution in [2.75, 3.05) is 11.9 Å². The van der Waals surface area contributed by atoms with Crippen LogP contribution in [0.2, 0.25) is 5.28 Å². The van der Waals surface area contributed by atoms with E-state index in [-0.39, 0.29) is 11.8 Å². The molecule has 1 heterocycles. The van der Waals surface area contributed by atoms with Crippen LogP contribution in [-0.2, 0) is 0 Å². The smallest absolute Gasteiger partial charge is 0.369 e. The summed E-state index contributed by atoms with van der Waals surface area (Å²) in [7, 11) is 0. The molecule has 0 aliphatic rings. The predicted octanol–water partition coefficient (Wildman–Crippen LogP) is 2.80. The van der Waals surface area contributed by atoms with Crippen LogP contribution in [0.25, 0.3) is 0 Å².